The Kier molecular flexibility index (Phi) is 4.92. The number of hydrogen-bond donors (Lipinski definition) is 1. The van der Waals surface area contributed by atoms with Gasteiger partial charge in [-0.3, -0.25) is 14.4 Å². The standard InChI is InChI=1S/C26H28N2O3/c1-3-15-8-7-9-16(4-2)23(15)27-24(29)19-10-5-6-11-20(19)28-25(30)21-17-12-13-18(14-17)22(21)26(28)31/h5-11,17-18,21-22H,3-4,12-14H2,1-2H3,(H,27,29)/t17-,18-,21+,22+/m0/s1. The first-order valence-corrected chi connectivity index (χ1v) is 11.4. The first kappa shape index (κ1) is 20.0. The number of imide groups is 1. The van der Waals surface area contributed by atoms with Crippen LogP contribution >= 0.6 is 0 Å². The highest BCUT2D eigenvalue weighted by Gasteiger charge is 2.61. The van der Waals surface area contributed by atoms with Crippen molar-refractivity contribution in [1.82, 2.24) is 0 Å². The minimum absolute atomic E-state index is 0.120. The van der Waals surface area contributed by atoms with Crippen LogP contribution in [-0.2, 0) is 22.4 Å². The minimum Gasteiger partial charge on any atom is -0.321 e. The molecule has 5 heteroatoms. The van der Waals surface area contributed by atoms with Crippen LogP contribution in [0, 0.1) is 23.7 Å². The fraction of sp³-hybridized carbons (Fsp3) is 0.423. The van der Waals surface area contributed by atoms with Crippen LogP contribution in [0.4, 0.5) is 11.4 Å². The lowest BCUT2D eigenvalue weighted by molar-refractivity contribution is -0.123. The number of carbonyl (C=O) groups excluding carboxylic acids is 3. The van der Waals surface area contributed by atoms with Gasteiger partial charge in [-0.1, -0.05) is 44.2 Å². The number of nitrogens with zero attached hydrogens (tertiary/aromatic N) is 1. The van der Waals surface area contributed by atoms with Crippen LogP contribution in [0.15, 0.2) is 42.5 Å². The Hall–Kier alpha value is -2.95. The molecule has 160 valence electrons. The van der Waals surface area contributed by atoms with Crippen molar-refractivity contribution in [1.29, 1.82) is 0 Å². The highest BCUT2D eigenvalue weighted by molar-refractivity contribution is 6.25. The lowest BCUT2D eigenvalue weighted by atomic mass is 9.81. The predicted molar refractivity (Wildman–Crippen MR) is 120 cm³/mol. The first-order chi connectivity index (χ1) is 15.0. The second kappa shape index (κ2) is 7.63. The number of fused-ring (bicyclic) bond motifs is 5. The summed E-state index contributed by atoms with van der Waals surface area (Å²) in [6.07, 6.45) is 4.68. The molecule has 0 unspecified atom stereocenters. The molecule has 31 heavy (non-hydrogen) atoms. The van der Waals surface area contributed by atoms with Gasteiger partial charge in [0.2, 0.25) is 11.8 Å². The maximum Gasteiger partial charge on any atom is 0.257 e. The van der Waals surface area contributed by atoms with Crippen LogP contribution in [0.1, 0.15) is 54.6 Å². The van der Waals surface area contributed by atoms with E-state index >= 15 is 0 Å². The largest absolute Gasteiger partial charge is 0.321 e. The molecule has 2 aromatic rings. The van der Waals surface area contributed by atoms with Crippen LogP contribution < -0.4 is 10.2 Å². The van der Waals surface area contributed by atoms with Gasteiger partial charge in [0.05, 0.1) is 23.1 Å². The molecule has 1 saturated heterocycles. The van der Waals surface area contributed by atoms with Gasteiger partial charge in [0.1, 0.15) is 0 Å². The Morgan fingerprint density at radius 2 is 1.48 bits per heavy atom. The van der Waals surface area contributed by atoms with Crippen molar-refractivity contribution >= 4 is 29.1 Å². The zero-order valence-corrected chi connectivity index (χ0v) is 18.1. The summed E-state index contributed by atoms with van der Waals surface area (Å²) in [7, 11) is 0. The van der Waals surface area contributed by atoms with Crippen LogP contribution in [0.2, 0.25) is 0 Å². The zero-order chi connectivity index (χ0) is 21.7. The quantitative estimate of drug-likeness (QED) is 0.725. The molecular formula is C26H28N2O3. The summed E-state index contributed by atoms with van der Waals surface area (Å²) >= 11 is 0. The van der Waals surface area contributed by atoms with E-state index in [4.69, 9.17) is 0 Å². The van der Waals surface area contributed by atoms with E-state index in [9.17, 15) is 14.4 Å². The minimum atomic E-state index is -0.285. The van der Waals surface area contributed by atoms with E-state index in [1.165, 1.54) is 4.90 Å². The second-order valence-electron chi connectivity index (χ2n) is 9.03. The average molecular weight is 417 g/mol. The molecule has 2 aliphatic carbocycles. The monoisotopic (exact) mass is 416 g/mol. The number of benzene rings is 2. The number of para-hydroxylation sites is 2. The van der Waals surface area contributed by atoms with Gasteiger partial charge >= 0.3 is 0 Å². The van der Waals surface area contributed by atoms with Gasteiger partial charge < -0.3 is 5.32 Å². The molecule has 3 aliphatic rings. The molecule has 0 spiro atoms. The molecule has 2 aromatic carbocycles. The second-order valence-corrected chi connectivity index (χ2v) is 9.03. The highest BCUT2D eigenvalue weighted by Crippen LogP contribution is 2.56. The van der Waals surface area contributed by atoms with E-state index in [0.717, 1.165) is 48.9 Å². The van der Waals surface area contributed by atoms with Crippen LogP contribution in [0.3, 0.4) is 0 Å². The third-order valence-corrected chi connectivity index (χ3v) is 7.55. The SMILES string of the molecule is CCc1cccc(CC)c1NC(=O)c1ccccc1N1C(=O)[C@@H]2[C@H]3CC[C@@H](C3)[C@H]2C1=O. The normalized spacial score (nSPS) is 26.5. The average Bonchev–Trinajstić information content (AvgIpc) is 3.47. The molecule has 4 atom stereocenters. The van der Waals surface area contributed by atoms with Crippen LogP contribution in [0.5, 0.6) is 0 Å². The number of carbonyl (C=O) groups is 3. The highest BCUT2D eigenvalue weighted by atomic mass is 16.2. The molecule has 1 N–H and O–H groups in total. The van der Waals surface area contributed by atoms with Crippen molar-refractivity contribution in [3.8, 4) is 0 Å². The lowest BCUT2D eigenvalue weighted by Crippen LogP contribution is -2.34. The van der Waals surface area contributed by atoms with Gasteiger partial charge in [-0.05, 0) is 67.2 Å². The van der Waals surface area contributed by atoms with Crippen molar-refractivity contribution in [3.05, 3.63) is 59.2 Å². The third-order valence-electron chi connectivity index (χ3n) is 7.55. The Balaban J connectivity index is 1.49. The lowest BCUT2D eigenvalue weighted by Gasteiger charge is -2.21. The van der Waals surface area contributed by atoms with Crippen LogP contribution in [-0.4, -0.2) is 17.7 Å². The molecule has 2 bridgehead atoms. The summed E-state index contributed by atoms with van der Waals surface area (Å²) in [4.78, 5) is 41.3. The van der Waals surface area contributed by atoms with Gasteiger partial charge in [0, 0.05) is 5.69 Å². The van der Waals surface area contributed by atoms with E-state index in [-0.39, 0.29) is 29.6 Å². The van der Waals surface area contributed by atoms with E-state index < -0.39 is 0 Å². The van der Waals surface area contributed by atoms with Crippen molar-refractivity contribution in [2.75, 3.05) is 10.2 Å². The van der Waals surface area contributed by atoms with Gasteiger partial charge in [0.25, 0.3) is 5.91 Å². The number of amides is 3. The maximum absolute atomic E-state index is 13.4. The van der Waals surface area contributed by atoms with E-state index in [2.05, 4.69) is 19.2 Å². The van der Waals surface area contributed by atoms with Gasteiger partial charge in [-0.25, -0.2) is 4.90 Å². The van der Waals surface area contributed by atoms with Crippen molar-refractivity contribution in [3.63, 3.8) is 0 Å². The number of hydrogen-bond acceptors (Lipinski definition) is 3. The molecule has 5 nitrogen and oxygen atoms in total. The Morgan fingerprint density at radius 1 is 0.903 bits per heavy atom. The number of nitrogens with one attached hydrogen (secondary N) is 1. The van der Waals surface area contributed by atoms with Gasteiger partial charge in [0.15, 0.2) is 0 Å². The molecule has 3 amide bonds. The Labute approximate surface area is 182 Å². The third kappa shape index (κ3) is 3.01. The summed E-state index contributed by atoms with van der Waals surface area (Å²) in [6, 6.07) is 13.0. The molecule has 0 aromatic heterocycles. The first-order valence-electron chi connectivity index (χ1n) is 11.4. The van der Waals surface area contributed by atoms with Gasteiger partial charge in [-0.15, -0.1) is 0 Å². The predicted octanol–water partition coefficient (Wildman–Crippen LogP) is 4.60. The fourth-order valence-corrected chi connectivity index (χ4v) is 6.09. The fourth-order valence-electron chi connectivity index (χ4n) is 6.09. The molecule has 1 aliphatic heterocycles. The topological polar surface area (TPSA) is 66.5 Å². The summed E-state index contributed by atoms with van der Waals surface area (Å²) < 4.78 is 0. The van der Waals surface area contributed by atoms with Crippen molar-refractivity contribution < 1.29 is 14.4 Å². The summed E-state index contributed by atoms with van der Waals surface area (Å²) in [5.41, 5.74) is 3.76. The maximum atomic E-state index is 13.4. The number of anilines is 2. The zero-order valence-electron chi connectivity index (χ0n) is 18.1. The van der Waals surface area contributed by atoms with Crippen LogP contribution in [0.25, 0.3) is 0 Å². The molecule has 1 heterocycles. The number of rotatable bonds is 5. The van der Waals surface area contributed by atoms with E-state index in [0.29, 0.717) is 23.1 Å². The molecular weight excluding hydrogens is 388 g/mol. The summed E-state index contributed by atoms with van der Waals surface area (Å²) in [6.45, 7) is 4.12. The van der Waals surface area contributed by atoms with Crippen molar-refractivity contribution in [2.24, 2.45) is 23.7 Å². The molecule has 3 fully saturated rings. The summed E-state index contributed by atoms with van der Waals surface area (Å²) in [5, 5.41) is 3.08. The van der Waals surface area contributed by atoms with Crippen molar-refractivity contribution in [2.45, 2.75) is 46.0 Å². The molecule has 2 saturated carbocycles. The Bertz CT molecular complexity index is 1030. The van der Waals surface area contributed by atoms with Gasteiger partial charge in [-0.2, -0.15) is 0 Å². The number of aryl methyl sites for hydroxylation is 2. The smallest absolute Gasteiger partial charge is 0.257 e. The molecule has 0 radical (unpaired) electrons. The van der Waals surface area contributed by atoms with E-state index in [1.807, 2.05) is 18.2 Å². The van der Waals surface area contributed by atoms with E-state index in [1.54, 1.807) is 24.3 Å². The summed E-state index contributed by atoms with van der Waals surface area (Å²) in [5.74, 6) is -0.283. The Morgan fingerprint density at radius 3 is 2.06 bits per heavy atom. The molecule has 5 rings (SSSR count).